The number of benzene rings is 1. The lowest BCUT2D eigenvalue weighted by Gasteiger charge is -2.30. The predicted octanol–water partition coefficient (Wildman–Crippen LogP) is 2.17. The third-order valence-corrected chi connectivity index (χ3v) is 3.56. The molecule has 18 heavy (non-hydrogen) atoms. The van der Waals surface area contributed by atoms with Gasteiger partial charge in [-0.2, -0.15) is 0 Å². The Balaban J connectivity index is 2.06. The average molecular weight is 246 g/mol. The molecule has 0 saturated carbocycles. The number of rotatable bonds is 2. The highest BCUT2D eigenvalue weighted by atomic mass is 16.1. The zero-order chi connectivity index (χ0) is 13.1. The van der Waals surface area contributed by atoms with E-state index >= 15 is 0 Å². The summed E-state index contributed by atoms with van der Waals surface area (Å²) in [4.78, 5) is 12.2. The molecule has 1 fully saturated rings. The van der Waals surface area contributed by atoms with Gasteiger partial charge < -0.3 is 10.6 Å². The van der Waals surface area contributed by atoms with E-state index in [9.17, 15) is 4.79 Å². The number of carbonyl (C=O) groups is 1. The van der Waals surface area contributed by atoms with Crippen LogP contribution in [-0.2, 0) is 0 Å². The maximum absolute atomic E-state index is 12.2. The van der Waals surface area contributed by atoms with Crippen molar-refractivity contribution in [2.24, 2.45) is 0 Å². The van der Waals surface area contributed by atoms with Gasteiger partial charge in [0.15, 0.2) is 0 Å². The van der Waals surface area contributed by atoms with Gasteiger partial charge in [0, 0.05) is 17.6 Å². The second-order valence-corrected chi connectivity index (χ2v) is 5.34. The molecule has 2 rings (SSSR count). The van der Waals surface area contributed by atoms with Crippen LogP contribution >= 0.6 is 0 Å². The molecule has 1 amide bonds. The summed E-state index contributed by atoms with van der Waals surface area (Å²) in [7, 11) is 0. The van der Waals surface area contributed by atoms with Crippen molar-refractivity contribution in [3.05, 3.63) is 34.9 Å². The maximum Gasteiger partial charge on any atom is 0.251 e. The molecule has 1 aromatic carbocycles. The van der Waals surface area contributed by atoms with Crippen LogP contribution < -0.4 is 10.6 Å². The molecule has 1 saturated heterocycles. The molecule has 1 heterocycles. The van der Waals surface area contributed by atoms with Crippen molar-refractivity contribution in [3.63, 3.8) is 0 Å². The first-order chi connectivity index (χ1) is 8.56. The molecule has 0 radical (unpaired) electrons. The van der Waals surface area contributed by atoms with E-state index in [1.54, 1.807) is 0 Å². The Morgan fingerprint density at radius 1 is 1.28 bits per heavy atom. The molecule has 0 bridgehead atoms. The number of carbonyl (C=O) groups excluding carboxylic acids is 1. The monoisotopic (exact) mass is 246 g/mol. The largest absolute Gasteiger partial charge is 0.348 e. The fourth-order valence-electron chi connectivity index (χ4n) is 2.60. The van der Waals surface area contributed by atoms with Crippen LogP contribution in [0.1, 0.15) is 41.3 Å². The van der Waals surface area contributed by atoms with Gasteiger partial charge in [0.25, 0.3) is 5.91 Å². The molecule has 1 aliphatic heterocycles. The number of hydrogen-bond acceptors (Lipinski definition) is 2. The van der Waals surface area contributed by atoms with Crippen molar-refractivity contribution in [3.8, 4) is 0 Å². The van der Waals surface area contributed by atoms with Gasteiger partial charge in [0.05, 0.1) is 0 Å². The minimum Gasteiger partial charge on any atom is -0.348 e. The molecule has 0 aromatic heterocycles. The molecule has 2 atom stereocenters. The van der Waals surface area contributed by atoms with E-state index in [0.29, 0.717) is 6.04 Å². The van der Waals surface area contributed by atoms with Gasteiger partial charge in [-0.25, -0.2) is 0 Å². The fourth-order valence-corrected chi connectivity index (χ4v) is 2.60. The Kier molecular flexibility index (Phi) is 4.02. The zero-order valence-corrected chi connectivity index (χ0v) is 11.4. The summed E-state index contributed by atoms with van der Waals surface area (Å²) in [6, 6.07) is 6.58. The van der Waals surface area contributed by atoms with Gasteiger partial charge in [-0.3, -0.25) is 4.79 Å². The third kappa shape index (κ3) is 3.10. The lowest BCUT2D eigenvalue weighted by molar-refractivity contribution is 0.0919. The van der Waals surface area contributed by atoms with E-state index < -0.39 is 0 Å². The van der Waals surface area contributed by atoms with E-state index in [1.807, 2.05) is 26.0 Å². The normalized spacial score (nSPS) is 23.7. The number of amides is 1. The second kappa shape index (κ2) is 5.53. The first kappa shape index (κ1) is 13.1. The predicted molar refractivity (Wildman–Crippen MR) is 73.9 cm³/mol. The summed E-state index contributed by atoms with van der Waals surface area (Å²) in [5.41, 5.74) is 3.04. The summed E-state index contributed by atoms with van der Waals surface area (Å²) < 4.78 is 0. The van der Waals surface area contributed by atoms with E-state index in [1.165, 1.54) is 0 Å². The summed E-state index contributed by atoms with van der Waals surface area (Å²) in [5, 5.41) is 6.53. The number of nitrogens with one attached hydrogen (secondary N) is 2. The summed E-state index contributed by atoms with van der Waals surface area (Å²) in [6.07, 6.45) is 2.19. The molecular weight excluding hydrogens is 224 g/mol. The van der Waals surface area contributed by atoms with Crippen LogP contribution in [-0.4, -0.2) is 24.5 Å². The van der Waals surface area contributed by atoms with Crippen molar-refractivity contribution in [1.82, 2.24) is 10.6 Å². The van der Waals surface area contributed by atoms with Crippen molar-refractivity contribution in [1.29, 1.82) is 0 Å². The molecule has 98 valence electrons. The third-order valence-electron chi connectivity index (χ3n) is 3.56. The fraction of sp³-hybridized carbons (Fsp3) is 0.533. The summed E-state index contributed by atoms with van der Waals surface area (Å²) in [6.45, 7) is 7.23. The Labute approximate surface area is 109 Å². The molecule has 1 aromatic rings. The Morgan fingerprint density at radius 2 is 1.94 bits per heavy atom. The highest BCUT2D eigenvalue weighted by molar-refractivity contribution is 5.94. The van der Waals surface area contributed by atoms with Crippen LogP contribution in [0, 0.1) is 13.8 Å². The minimum absolute atomic E-state index is 0.0438. The van der Waals surface area contributed by atoms with Gasteiger partial charge in [0.1, 0.15) is 0 Å². The summed E-state index contributed by atoms with van der Waals surface area (Å²) >= 11 is 0. The van der Waals surface area contributed by atoms with Gasteiger partial charge >= 0.3 is 0 Å². The molecule has 3 heteroatoms. The van der Waals surface area contributed by atoms with Gasteiger partial charge in [-0.15, -0.1) is 0 Å². The number of aryl methyl sites for hydroxylation is 2. The van der Waals surface area contributed by atoms with E-state index in [4.69, 9.17) is 0 Å². The Bertz CT molecular complexity index is 422. The molecule has 0 spiro atoms. The van der Waals surface area contributed by atoms with Crippen LogP contribution in [0.25, 0.3) is 0 Å². The maximum atomic E-state index is 12.2. The first-order valence-electron chi connectivity index (χ1n) is 6.69. The Morgan fingerprint density at radius 3 is 2.56 bits per heavy atom. The highest BCUT2D eigenvalue weighted by Gasteiger charge is 2.22. The molecular formula is C15H22N2O. The van der Waals surface area contributed by atoms with Crippen LogP contribution in [0.5, 0.6) is 0 Å². The van der Waals surface area contributed by atoms with Gasteiger partial charge in [-0.05, 0) is 52.3 Å². The number of piperidine rings is 1. The standard InChI is InChI=1S/C15H22N2O/c1-10-7-11(2)9-13(8-10)15(18)17-14-5-4-6-16-12(14)3/h7-9,12,14,16H,4-6H2,1-3H3,(H,17,18). The van der Waals surface area contributed by atoms with Crippen molar-refractivity contribution in [2.75, 3.05) is 6.54 Å². The number of hydrogen-bond donors (Lipinski definition) is 2. The minimum atomic E-state index is 0.0438. The molecule has 1 aliphatic rings. The van der Waals surface area contributed by atoms with Crippen LogP contribution in [0.4, 0.5) is 0 Å². The summed E-state index contributed by atoms with van der Waals surface area (Å²) in [5.74, 6) is 0.0438. The van der Waals surface area contributed by atoms with Crippen LogP contribution in [0.2, 0.25) is 0 Å². The van der Waals surface area contributed by atoms with Crippen molar-refractivity contribution in [2.45, 2.75) is 45.7 Å². The van der Waals surface area contributed by atoms with E-state index in [-0.39, 0.29) is 11.9 Å². The smallest absolute Gasteiger partial charge is 0.251 e. The van der Waals surface area contributed by atoms with Crippen LogP contribution in [0.15, 0.2) is 18.2 Å². The van der Waals surface area contributed by atoms with Gasteiger partial charge in [0.2, 0.25) is 0 Å². The topological polar surface area (TPSA) is 41.1 Å². The molecule has 2 unspecified atom stereocenters. The lowest BCUT2D eigenvalue weighted by Crippen LogP contribution is -2.51. The quantitative estimate of drug-likeness (QED) is 0.839. The Hall–Kier alpha value is -1.35. The first-order valence-corrected chi connectivity index (χ1v) is 6.69. The van der Waals surface area contributed by atoms with Crippen LogP contribution in [0.3, 0.4) is 0 Å². The highest BCUT2D eigenvalue weighted by Crippen LogP contribution is 2.12. The molecule has 3 nitrogen and oxygen atoms in total. The molecule has 2 N–H and O–H groups in total. The zero-order valence-electron chi connectivity index (χ0n) is 11.4. The average Bonchev–Trinajstić information content (AvgIpc) is 2.31. The SMILES string of the molecule is Cc1cc(C)cc(C(=O)NC2CCCNC2C)c1. The molecule has 0 aliphatic carbocycles. The van der Waals surface area contributed by atoms with E-state index in [2.05, 4.69) is 23.6 Å². The lowest BCUT2D eigenvalue weighted by atomic mass is 9.99. The van der Waals surface area contributed by atoms with Gasteiger partial charge in [-0.1, -0.05) is 17.2 Å². The van der Waals surface area contributed by atoms with Crippen molar-refractivity contribution >= 4 is 5.91 Å². The second-order valence-electron chi connectivity index (χ2n) is 5.34. The van der Waals surface area contributed by atoms with E-state index in [0.717, 1.165) is 36.1 Å². The van der Waals surface area contributed by atoms with Crippen molar-refractivity contribution < 1.29 is 4.79 Å².